The van der Waals surface area contributed by atoms with Gasteiger partial charge in [0.1, 0.15) is 12.1 Å². The van der Waals surface area contributed by atoms with Gasteiger partial charge < -0.3 is 9.64 Å². The van der Waals surface area contributed by atoms with Crippen LogP contribution in [0.1, 0.15) is 18.4 Å². The minimum Gasteiger partial charge on any atom is -0.481 e. The molecule has 1 aromatic heterocycles. The summed E-state index contributed by atoms with van der Waals surface area (Å²) in [7, 11) is 3.72. The third-order valence-electron chi connectivity index (χ3n) is 4.52. The molecule has 2 heterocycles. The third kappa shape index (κ3) is 4.16. The number of likely N-dealkylation sites (N-methyl/N-ethyl adjacent to an activating group) is 1. The maximum Gasteiger partial charge on any atom is 0.218 e. The largest absolute Gasteiger partial charge is 0.481 e. The zero-order chi connectivity index (χ0) is 16.9. The summed E-state index contributed by atoms with van der Waals surface area (Å²) in [6.45, 7) is 3.05. The Morgan fingerprint density at radius 3 is 3.00 bits per heavy atom. The second-order valence-corrected chi connectivity index (χ2v) is 6.63. The zero-order valence-electron chi connectivity index (χ0n) is 14.2. The number of likely N-dealkylation sites (tertiary alicyclic amines) is 1. The molecule has 0 amide bonds. The average molecular weight is 347 g/mol. The van der Waals surface area contributed by atoms with Crippen molar-refractivity contribution in [1.29, 1.82) is 0 Å². The lowest BCUT2D eigenvalue weighted by Crippen LogP contribution is -2.46. The lowest BCUT2D eigenvalue weighted by atomic mass is 10.0. The molecule has 0 aliphatic carbocycles. The van der Waals surface area contributed by atoms with E-state index < -0.39 is 0 Å². The van der Waals surface area contributed by atoms with Crippen LogP contribution in [0.15, 0.2) is 36.7 Å². The van der Waals surface area contributed by atoms with E-state index in [2.05, 4.69) is 32.9 Å². The molecule has 1 unspecified atom stereocenters. The van der Waals surface area contributed by atoms with E-state index in [0.29, 0.717) is 11.9 Å². The van der Waals surface area contributed by atoms with E-state index in [1.54, 1.807) is 13.4 Å². The molecule has 1 aliphatic heterocycles. The molecule has 1 atom stereocenters. The summed E-state index contributed by atoms with van der Waals surface area (Å²) in [5.41, 5.74) is 1.26. The van der Waals surface area contributed by atoms with Crippen LogP contribution in [0.2, 0.25) is 5.02 Å². The van der Waals surface area contributed by atoms with Gasteiger partial charge in [0, 0.05) is 37.3 Å². The summed E-state index contributed by atoms with van der Waals surface area (Å²) in [6, 6.07) is 10.4. The maximum atomic E-state index is 6.10. The van der Waals surface area contributed by atoms with E-state index in [9.17, 15) is 0 Å². The van der Waals surface area contributed by atoms with Gasteiger partial charge in [0.15, 0.2) is 0 Å². The zero-order valence-corrected chi connectivity index (χ0v) is 14.9. The van der Waals surface area contributed by atoms with Gasteiger partial charge in [-0.2, -0.15) is 0 Å². The summed E-state index contributed by atoms with van der Waals surface area (Å²) in [4.78, 5) is 13.2. The topological polar surface area (TPSA) is 41.5 Å². The first-order valence-electron chi connectivity index (χ1n) is 8.21. The Labute approximate surface area is 148 Å². The van der Waals surface area contributed by atoms with Gasteiger partial charge in [0.2, 0.25) is 5.88 Å². The highest BCUT2D eigenvalue weighted by atomic mass is 35.5. The van der Waals surface area contributed by atoms with Crippen molar-refractivity contribution in [3.8, 4) is 5.88 Å². The summed E-state index contributed by atoms with van der Waals surface area (Å²) in [6.07, 6.45) is 3.89. The predicted octanol–water partition coefficient (Wildman–Crippen LogP) is 3.24. The summed E-state index contributed by atoms with van der Waals surface area (Å²) < 4.78 is 5.20. The highest BCUT2D eigenvalue weighted by Crippen LogP contribution is 2.23. The number of rotatable bonds is 5. The van der Waals surface area contributed by atoms with E-state index >= 15 is 0 Å². The number of anilines is 1. The Hall–Kier alpha value is -1.85. The van der Waals surface area contributed by atoms with Gasteiger partial charge in [-0.3, -0.25) is 4.90 Å². The van der Waals surface area contributed by atoms with Crippen molar-refractivity contribution >= 4 is 17.4 Å². The number of methoxy groups -OCH3 is 1. The van der Waals surface area contributed by atoms with E-state index in [-0.39, 0.29) is 0 Å². The van der Waals surface area contributed by atoms with Crippen molar-refractivity contribution in [2.24, 2.45) is 0 Å². The molecule has 0 bridgehead atoms. The quantitative estimate of drug-likeness (QED) is 0.831. The Kier molecular flexibility index (Phi) is 5.53. The van der Waals surface area contributed by atoms with Gasteiger partial charge in [-0.1, -0.05) is 23.7 Å². The fourth-order valence-corrected chi connectivity index (χ4v) is 3.42. The standard InChI is InChI=1S/C18H23ClN4O/c1-22(17-10-18(24-2)21-13-20-17)16-7-4-8-23(12-16)11-14-5-3-6-15(19)9-14/h3,5-6,9-10,13,16H,4,7-8,11-12H2,1-2H3. The molecule has 0 saturated carbocycles. The van der Waals surface area contributed by atoms with Gasteiger partial charge in [-0.25, -0.2) is 9.97 Å². The summed E-state index contributed by atoms with van der Waals surface area (Å²) in [5.74, 6) is 1.50. The molecule has 1 fully saturated rings. The van der Waals surface area contributed by atoms with Crippen LogP contribution >= 0.6 is 11.6 Å². The van der Waals surface area contributed by atoms with Gasteiger partial charge in [0.25, 0.3) is 0 Å². The number of hydrogen-bond acceptors (Lipinski definition) is 5. The molecular weight excluding hydrogens is 324 g/mol. The first-order valence-corrected chi connectivity index (χ1v) is 8.59. The van der Waals surface area contributed by atoms with Gasteiger partial charge in [-0.15, -0.1) is 0 Å². The van der Waals surface area contributed by atoms with Crippen molar-refractivity contribution in [2.45, 2.75) is 25.4 Å². The van der Waals surface area contributed by atoms with E-state index in [1.807, 2.05) is 24.3 Å². The fraction of sp³-hybridized carbons (Fsp3) is 0.444. The highest BCUT2D eigenvalue weighted by Gasteiger charge is 2.24. The van der Waals surface area contributed by atoms with E-state index in [1.165, 1.54) is 12.0 Å². The molecular formula is C18H23ClN4O. The second-order valence-electron chi connectivity index (χ2n) is 6.19. The molecule has 24 heavy (non-hydrogen) atoms. The number of ether oxygens (including phenoxy) is 1. The fourth-order valence-electron chi connectivity index (χ4n) is 3.21. The van der Waals surface area contributed by atoms with Crippen LogP contribution in [0.25, 0.3) is 0 Å². The molecule has 3 rings (SSSR count). The summed E-state index contributed by atoms with van der Waals surface area (Å²) >= 11 is 6.10. The minimum atomic E-state index is 0.428. The predicted molar refractivity (Wildman–Crippen MR) is 96.7 cm³/mol. The van der Waals surface area contributed by atoms with Gasteiger partial charge in [0.05, 0.1) is 7.11 Å². The Morgan fingerprint density at radius 2 is 2.21 bits per heavy atom. The lowest BCUT2D eigenvalue weighted by molar-refractivity contribution is 0.198. The molecule has 128 valence electrons. The number of aromatic nitrogens is 2. The van der Waals surface area contributed by atoms with Gasteiger partial charge in [-0.05, 0) is 37.1 Å². The normalized spacial score (nSPS) is 18.4. The molecule has 6 heteroatoms. The Balaban J connectivity index is 1.66. The second kappa shape index (κ2) is 7.81. The monoisotopic (exact) mass is 346 g/mol. The summed E-state index contributed by atoms with van der Waals surface area (Å²) in [5, 5.41) is 0.797. The van der Waals surface area contributed by atoms with Crippen molar-refractivity contribution in [1.82, 2.24) is 14.9 Å². The Bertz CT molecular complexity index is 682. The molecule has 5 nitrogen and oxygen atoms in total. The van der Waals surface area contributed by atoms with Crippen LogP contribution in [0.5, 0.6) is 5.88 Å². The first kappa shape index (κ1) is 17.0. The molecule has 1 aromatic carbocycles. The van der Waals surface area contributed by atoms with Crippen LogP contribution in [-0.4, -0.2) is 48.2 Å². The number of benzene rings is 1. The lowest BCUT2D eigenvalue weighted by Gasteiger charge is -2.38. The van der Waals surface area contributed by atoms with E-state index in [0.717, 1.165) is 36.9 Å². The smallest absolute Gasteiger partial charge is 0.218 e. The molecule has 0 radical (unpaired) electrons. The molecule has 2 aromatic rings. The first-order chi connectivity index (χ1) is 11.7. The van der Waals surface area contributed by atoms with Crippen LogP contribution in [0.3, 0.4) is 0 Å². The van der Waals surface area contributed by atoms with Gasteiger partial charge >= 0.3 is 0 Å². The van der Waals surface area contributed by atoms with Crippen LogP contribution in [-0.2, 0) is 6.54 Å². The van der Waals surface area contributed by atoms with Crippen molar-refractivity contribution in [3.05, 3.63) is 47.2 Å². The maximum absolute atomic E-state index is 6.10. The third-order valence-corrected chi connectivity index (χ3v) is 4.76. The van der Waals surface area contributed by atoms with E-state index in [4.69, 9.17) is 16.3 Å². The minimum absolute atomic E-state index is 0.428. The molecule has 0 spiro atoms. The van der Waals surface area contributed by atoms with Crippen molar-refractivity contribution in [2.75, 3.05) is 32.1 Å². The average Bonchev–Trinajstić information content (AvgIpc) is 2.61. The highest BCUT2D eigenvalue weighted by molar-refractivity contribution is 6.30. The van der Waals surface area contributed by atoms with Crippen molar-refractivity contribution in [3.63, 3.8) is 0 Å². The van der Waals surface area contributed by atoms with Crippen molar-refractivity contribution < 1.29 is 4.74 Å². The molecule has 1 aliphatic rings. The number of hydrogen-bond donors (Lipinski definition) is 0. The molecule has 0 N–H and O–H groups in total. The number of piperidine rings is 1. The van der Waals surface area contributed by atoms with Crippen LogP contribution in [0.4, 0.5) is 5.82 Å². The SMILES string of the molecule is COc1cc(N(C)C2CCCN(Cc3cccc(Cl)c3)C2)ncn1. The van der Waals surface area contributed by atoms with Crippen LogP contribution < -0.4 is 9.64 Å². The Morgan fingerprint density at radius 1 is 1.33 bits per heavy atom. The molecule has 1 saturated heterocycles. The number of nitrogens with zero attached hydrogens (tertiary/aromatic N) is 4. The van der Waals surface area contributed by atoms with Crippen LogP contribution in [0, 0.1) is 0 Å². The number of halogens is 1.